The molecule has 4 atom stereocenters. The maximum absolute atomic E-state index is 14.0. The molecule has 2 aromatic carbocycles. The molecule has 0 radical (unpaired) electrons. The summed E-state index contributed by atoms with van der Waals surface area (Å²) in [7, 11) is 0. The highest BCUT2D eigenvalue weighted by atomic mass is 35.5. The molecule has 4 unspecified atom stereocenters. The number of hydrogen-bond donors (Lipinski definition) is 1. The van der Waals surface area contributed by atoms with Crippen molar-refractivity contribution in [3.8, 4) is 0 Å². The minimum absolute atomic E-state index is 0.135. The van der Waals surface area contributed by atoms with Crippen LogP contribution in [0.1, 0.15) is 35.1 Å². The molecule has 0 aliphatic carbocycles. The number of hydrogen-bond acceptors (Lipinski definition) is 4. The van der Waals surface area contributed by atoms with Crippen molar-refractivity contribution in [3.63, 3.8) is 0 Å². The summed E-state index contributed by atoms with van der Waals surface area (Å²) in [5.74, 6) is -2.01. The highest BCUT2D eigenvalue weighted by Gasteiger charge is 2.74. The van der Waals surface area contributed by atoms with E-state index in [4.69, 9.17) is 11.6 Å². The van der Waals surface area contributed by atoms with Crippen molar-refractivity contribution in [1.29, 1.82) is 0 Å². The number of rotatable bonds is 1. The number of carbonyl (C=O) groups excluding carboxylic acids is 3. The number of imide groups is 1. The lowest BCUT2D eigenvalue weighted by Crippen LogP contribution is -2.54. The summed E-state index contributed by atoms with van der Waals surface area (Å²) < 4.78 is 0. The van der Waals surface area contributed by atoms with Crippen LogP contribution in [0.15, 0.2) is 30.3 Å². The largest absolute Gasteiger partial charge is 0.324 e. The first-order valence-electron chi connectivity index (χ1n) is 11.1. The molecule has 4 aliphatic heterocycles. The second-order valence-corrected chi connectivity index (χ2v) is 9.99. The van der Waals surface area contributed by atoms with Crippen molar-refractivity contribution in [2.45, 2.75) is 45.2 Å². The zero-order valence-electron chi connectivity index (χ0n) is 18.2. The maximum atomic E-state index is 14.0. The molecule has 7 heteroatoms. The van der Waals surface area contributed by atoms with Crippen molar-refractivity contribution in [1.82, 2.24) is 4.90 Å². The third-order valence-electron chi connectivity index (χ3n) is 8.01. The smallest absolute Gasteiger partial charge is 0.250 e. The monoisotopic (exact) mass is 449 g/mol. The van der Waals surface area contributed by atoms with Gasteiger partial charge in [0.2, 0.25) is 17.7 Å². The van der Waals surface area contributed by atoms with Crippen LogP contribution < -0.4 is 10.2 Å². The summed E-state index contributed by atoms with van der Waals surface area (Å²) in [6.45, 7) is 6.55. The molecule has 3 amide bonds. The normalized spacial score (nSPS) is 30.8. The first-order valence-corrected chi connectivity index (χ1v) is 11.5. The molecule has 4 heterocycles. The molecule has 0 saturated carbocycles. The van der Waals surface area contributed by atoms with Gasteiger partial charge in [0, 0.05) is 22.3 Å². The summed E-state index contributed by atoms with van der Waals surface area (Å²) in [4.78, 5) is 44.9. The zero-order valence-corrected chi connectivity index (χ0v) is 19.0. The van der Waals surface area contributed by atoms with Crippen molar-refractivity contribution in [2.75, 3.05) is 16.8 Å². The van der Waals surface area contributed by atoms with E-state index in [0.29, 0.717) is 17.3 Å². The van der Waals surface area contributed by atoms with Gasteiger partial charge in [-0.1, -0.05) is 17.7 Å². The maximum Gasteiger partial charge on any atom is 0.250 e. The van der Waals surface area contributed by atoms with Gasteiger partial charge in [-0.05, 0) is 81.1 Å². The van der Waals surface area contributed by atoms with Crippen LogP contribution >= 0.6 is 11.6 Å². The Balaban J connectivity index is 1.57. The van der Waals surface area contributed by atoms with Gasteiger partial charge in [0.25, 0.3) is 0 Å². The molecule has 32 heavy (non-hydrogen) atoms. The molecule has 6 rings (SSSR count). The molecule has 0 aromatic heterocycles. The fourth-order valence-electron chi connectivity index (χ4n) is 6.55. The van der Waals surface area contributed by atoms with Gasteiger partial charge in [-0.25, -0.2) is 4.90 Å². The zero-order chi connectivity index (χ0) is 22.5. The lowest BCUT2D eigenvalue weighted by molar-refractivity contribution is -0.135. The van der Waals surface area contributed by atoms with E-state index < -0.39 is 17.4 Å². The van der Waals surface area contributed by atoms with Crippen molar-refractivity contribution in [2.24, 2.45) is 11.8 Å². The average molecular weight is 450 g/mol. The van der Waals surface area contributed by atoms with E-state index in [0.717, 1.165) is 40.8 Å². The minimum Gasteiger partial charge on any atom is -0.324 e. The standard InChI is InChI=1S/C25H24ClN3O3/c1-12-6-7-16(10-13(12)2)29-22(30)19-18-5-4-8-28(18)25(20(19)23(29)31)17-11-15(26)9-14(3)21(17)27-24(25)32/h6-7,9-11,18-20H,4-5,8H2,1-3H3,(H,27,32). The molecule has 3 saturated heterocycles. The van der Waals surface area contributed by atoms with E-state index in [2.05, 4.69) is 10.2 Å². The van der Waals surface area contributed by atoms with Crippen LogP contribution in [0.4, 0.5) is 11.4 Å². The van der Waals surface area contributed by atoms with Gasteiger partial charge in [0.15, 0.2) is 0 Å². The summed E-state index contributed by atoms with van der Waals surface area (Å²) in [6.07, 6.45) is 1.69. The molecule has 6 nitrogen and oxygen atoms in total. The third-order valence-corrected chi connectivity index (χ3v) is 8.23. The van der Waals surface area contributed by atoms with Gasteiger partial charge in [0.1, 0.15) is 5.54 Å². The summed E-state index contributed by atoms with van der Waals surface area (Å²) in [6, 6.07) is 9.12. The van der Waals surface area contributed by atoms with E-state index in [-0.39, 0.29) is 23.8 Å². The molecule has 3 fully saturated rings. The summed E-state index contributed by atoms with van der Waals surface area (Å²) >= 11 is 6.43. The number of aryl methyl sites for hydroxylation is 3. The van der Waals surface area contributed by atoms with E-state index >= 15 is 0 Å². The number of amides is 3. The second kappa shape index (κ2) is 6.42. The quantitative estimate of drug-likeness (QED) is 0.674. The van der Waals surface area contributed by atoms with E-state index in [9.17, 15) is 14.4 Å². The number of fused-ring (bicyclic) bond motifs is 7. The Morgan fingerprint density at radius 3 is 2.53 bits per heavy atom. The second-order valence-electron chi connectivity index (χ2n) is 9.55. The van der Waals surface area contributed by atoms with Crippen molar-refractivity contribution < 1.29 is 14.4 Å². The van der Waals surface area contributed by atoms with Crippen molar-refractivity contribution in [3.05, 3.63) is 57.6 Å². The summed E-state index contributed by atoms with van der Waals surface area (Å²) in [5, 5.41) is 3.56. The summed E-state index contributed by atoms with van der Waals surface area (Å²) in [5.41, 5.74) is 3.81. The number of benzene rings is 2. The SMILES string of the molecule is Cc1ccc(N2C(=O)C3C4CCCN4C4(C(=O)Nc5c(C)cc(Cl)cc54)C3C2=O)cc1C. The fraction of sp³-hybridized carbons (Fsp3) is 0.400. The van der Waals surface area contributed by atoms with Crippen LogP contribution in [0.25, 0.3) is 0 Å². The molecule has 2 aromatic rings. The van der Waals surface area contributed by atoms with Gasteiger partial charge in [-0.3, -0.25) is 19.3 Å². The molecule has 1 N–H and O–H groups in total. The van der Waals surface area contributed by atoms with Crippen LogP contribution in [-0.4, -0.2) is 35.2 Å². The Morgan fingerprint density at radius 2 is 1.78 bits per heavy atom. The van der Waals surface area contributed by atoms with Gasteiger partial charge in [0.05, 0.1) is 17.5 Å². The number of nitrogens with one attached hydrogen (secondary N) is 1. The predicted molar refractivity (Wildman–Crippen MR) is 122 cm³/mol. The predicted octanol–water partition coefficient (Wildman–Crippen LogP) is 3.70. The van der Waals surface area contributed by atoms with E-state index in [1.807, 2.05) is 45.0 Å². The van der Waals surface area contributed by atoms with Gasteiger partial charge < -0.3 is 5.32 Å². The number of anilines is 2. The third kappa shape index (κ3) is 2.22. The highest BCUT2D eigenvalue weighted by molar-refractivity contribution is 6.31. The van der Waals surface area contributed by atoms with Crippen LogP contribution in [-0.2, 0) is 19.9 Å². The Bertz CT molecular complexity index is 1240. The van der Waals surface area contributed by atoms with Crippen LogP contribution in [0.3, 0.4) is 0 Å². The average Bonchev–Trinajstić information content (AvgIpc) is 3.44. The Hall–Kier alpha value is -2.70. The fourth-order valence-corrected chi connectivity index (χ4v) is 6.83. The Kier molecular flexibility index (Phi) is 4.00. The number of carbonyl (C=O) groups is 3. The molecular formula is C25H24ClN3O3. The van der Waals surface area contributed by atoms with Crippen molar-refractivity contribution >= 4 is 40.7 Å². The van der Waals surface area contributed by atoms with E-state index in [1.165, 1.54) is 4.90 Å². The topological polar surface area (TPSA) is 69.7 Å². The molecular weight excluding hydrogens is 426 g/mol. The Labute approximate surface area is 191 Å². The highest BCUT2D eigenvalue weighted by Crippen LogP contribution is 2.61. The Morgan fingerprint density at radius 1 is 1.00 bits per heavy atom. The molecule has 164 valence electrons. The first-order chi connectivity index (χ1) is 15.3. The molecule has 1 spiro atoms. The van der Waals surface area contributed by atoms with Gasteiger partial charge in [-0.15, -0.1) is 0 Å². The van der Waals surface area contributed by atoms with Crippen LogP contribution in [0.2, 0.25) is 5.02 Å². The lowest BCUT2D eigenvalue weighted by atomic mass is 9.75. The van der Waals surface area contributed by atoms with Crippen LogP contribution in [0.5, 0.6) is 0 Å². The van der Waals surface area contributed by atoms with Gasteiger partial charge >= 0.3 is 0 Å². The first kappa shape index (κ1) is 19.9. The van der Waals surface area contributed by atoms with Gasteiger partial charge in [-0.2, -0.15) is 0 Å². The minimum atomic E-state index is -1.20. The van der Waals surface area contributed by atoms with E-state index in [1.54, 1.807) is 6.07 Å². The van der Waals surface area contributed by atoms with Crippen LogP contribution in [0, 0.1) is 32.6 Å². The molecule has 4 aliphatic rings. The number of halogens is 1. The lowest BCUT2D eigenvalue weighted by Gasteiger charge is -2.36. The number of nitrogens with zero attached hydrogens (tertiary/aromatic N) is 2. The molecule has 0 bridgehead atoms.